The Morgan fingerprint density at radius 2 is 1.80 bits per heavy atom. The lowest BCUT2D eigenvalue weighted by Gasteiger charge is -2.27. The summed E-state index contributed by atoms with van der Waals surface area (Å²) in [5.74, 6) is 0.320. The van der Waals surface area contributed by atoms with Gasteiger partial charge in [0.25, 0.3) is 0 Å². The van der Waals surface area contributed by atoms with Crippen LogP contribution in [-0.2, 0) is 10.0 Å². The summed E-state index contributed by atoms with van der Waals surface area (Å²) >= 11 is 0. The van der Waals surface area contributed by atoms with Gasteiger partial charge in [0.2, 0.25) is 10.0 Å². The van der Waals surface area contributed by atoms with Crippen molar-refractivity contribution in [3.05, 3.63) is 24.3 Å². The lowest BCUT2D eigenvalue weighted by molar-refractivity contribution is -0.906. The smallest absolute Gasteiger partial charge is 0.406 e. The normalized spacial score (nSPS) is 21.9. The summed E-state index contributed by atoms with van der Waals surface area (Å²) in [5, 5.41) is 0. The molecule has 25 heavy (non-hydrogen) atoms. The third-order valence-corrected chi connectivity index (χ3v) is 5.83. The molecule has 1 saturated heterocycles. The zero-order chi connectivity index (χ0) is 18.5. The van der Waals surface area contributed by atoms with Crippen molar-refractivity contribution in [1.82, 2.24) is 4.72 Å². The third-order valence-electron chi connectivity index (χ3n) is 4.35. The van der Waals surface area contributed by atoms with Crippen LogP contribution in [0.15, 0.2) is 29.2 Å². The molecular formula is C16H24F3N2O3S+. The summed E-state index contributed by atoms with van der Waals surface area (Å²) in [6, 6.07) is 4.17. The van der Waals surface area contributed by atoms with E-state index in [1.54, 1.807) is 0 Å². The molecule has 1 heterocycles. The summed E-state index contributed by atoms with van der Waals surface area (Å²) in [5.41, 5.74) is 0. The second-order valence-electron chi connectivity index (χ2n) is 6.45. The first-order valence-electron chi connectivity index (χ1n) is 8.35. The Labute approximate surface area is 146 Å². The van der Waals surface area contributed by atoms with Gasteiger partial charge in [-0.2, -0.15) is 0 Å². The number of alkyl halides is 3. The average Bonchev–Trinajstić information content (AvgIpc) is 2.52. The number of ether oxygens (including phenoxy) is 1. The molecular weight excluding hydrogens is 357 g/mol. The zero-order valence-electron chi connectivity index (χ0n) is 14.1. The molecule has 1 aromatic carbocycles. The number of nitrogens with one attached hydrogen (secondary N) is 2. The Bertz CT molecular complexity index is 640. The van der Waals surface area contributed by atoms with Crippen molar-refractivity contribution >= 4 is 10.0 Å². The predicted octanol–water partition coefficient (Wildman–Crippen LogP) is 1.57. The maximum absolute atomic E-state index is 12.1. The molecule has 0 aliphatic carbocycles. The number of likely N-dealkylation sites (tertiary alicyclic amines) is 1. The third kappa shape index (κ3) is 6.83. The van der Waals surface area contributed by atoms with Gasteiger partial charge < -0.3 is 9.64 Å². The SMILES string of the molecule is CC1CC[NH+](CCCNS(=O)(=O)c2ccc(OC(F)(F)F)cc2)CC1. The minimum Gasteiger partial charge on any atom is -0.406 e. The summed E-state index contributed by atoms with van der Waals surface area (Å²) in [6.07, 6.45) is -1.67. The van der Waals surface area contributed by atoms with Crippen molar-refractivity contribution in [3.8, 4) is 5.75 Å². The van der Waals surface area contributed by atoms with Crippen LogP contribution in [0.3, 0.4) is 0 Å². The standard InChI is InChI=1S/C16H23F3N2O3S/c1-13-7-11-21(12-8-13)10-2-9-20-25(22,23)15-5-3-14(4-6-15)24-16(17,18)19/h3-6,13,20H,2,7-12H2,1H3/p+1. The molecule has 1 fully saturated rings. The van der Waals surface area contributed by atoms with Crippen LogP contribution in [0.25, 0.3) is 0 Å². The Balaban J connectivity index is 1.79. The van der Waals surface area contributed by atoms with E-state index in [4.69, 9.17) is 0 Å². The molecule has 9 heteroatoms. The zero-order valence-corrected chi connectivity index (χ0v) is 14.9. The maximum atomic E-state index is 12.1. The molecule has 0 radical (unpaired) electrons. The Hall–Kier alpha value is -1.32. The Kier molecular flexibility index (Phi) is 6.70. The molecule has 0 unspecified atom stereocenters. The van der Waals surface area contributed by atoms with E-state index in [1.807, 2.05) is 0 Å². The second kappa shape index (κ2) is 8.37. The van der Waals surface area contributed by atoms with Crippen molar-refractivity contribution in [2.24, 2.45) is 5.92 Å². The lowest BCUT2D eigenvalue weighted by atomic mass is 9.99. The summed E-state index contributed by atoms with van der Waals surface area (Å²) in [6.45, 7) is 5.70. The fraction of sp³-hybridized carbons (Fsp3) is 0.625. The number of piperidine rings is 1. The summed E-state index contributed by atoms with van der Waals surface area (Å²) in [7, 11) is -3.73. The molecule has 1 aliphatic rings. The van der Waals surface area contributed by atoms with E-state index in [1.165, 1.54) is 17.7 Å². The van der Waals surface area contributed by atoms with E-state index in [0.29, 0.717) is 6.54 Å². The lowest BCUT2D eigenvalue weighted by Crippen LogP contribution is -3.13. The first-order chi connectivity index (χ1) is 11.7. The van der Waals surface area contributed by atoms with Crippen molar-refractivity contribution in [2.45, 2.75) is 37.4 Å². The minimum absolute atomic E-state index is 0.0823. The van der Waals surface area contributed by atoms with Crippen molar-refractivity contribution in [2.75, 3.05) is 26.2 Å². The van der Waals surface area contributed by atoms with Crippen LogP contribution in [-0.4, -0.2) is 41.0 Å². The molecule has 0 amide bonds. The van der Waals surface area contributed by atoms with Gasteiger partial charge in [-0.1, -0.05) is 6.92 Å². The van der Waals surface area contributed by atoms with Crippen LogP contribution in [0.5, 0.6) is 5.75 Å². The van der Waals surface area contributed by atoms with E-state index in [2.05, 4.69) is 16.4 Å². The van der Waals surface area contributed by atoms with Gasteiger partial charge in [-0.05, 0) is 43.0 Å². The number of halogens is 3. The van der Waals surface area contributed by atoms with Gasteiger partial charge >= 0.3 is 6.36 Å². The van der Waals surface area contributed by atoms with E-state index < -0.39 is 22.1 Å². The Morgan fingerprint density at radius 1 is 1.20 bits per heavy atom. The molecule has 0 aromatic heterocycles. The first-order valence-corrected chi connectivity index (χ1v) is 9.83. The minimum atomic E-state index is -4.80. The summed E-state index contributed by atoms with van der Waals surface area (Å²) in [4.78, 5) is 1.41. The van der Waals surface area contributed by atoms with E-state index in [0.717, 1.165) is 56.2 Å². The molecule has 0 saturated carbocycles. The highest BCUT2D eigenvalue weighted by Gasteiger charge is 2.31. The van der Waals surface area contributed by atoms with Gasteiger partial charge in [0.05, 0.1) is 24.5 Å². The van der Waals surface area contributed by atoms with Crippen LogP contribution in [0.2, 0.25) is 0 Å². The highest BCUT2D eigenvalue weighted by atomic mass is 32.2. The van der Waals surface area contributed by atoms with Gasteiger partial charge in [0, 0.05) is 13.0 Å². The maximum Gasteiger partial charge on any atom is 0.573 e. The van der Waals surface area contributed by atoms with E-state index in [-0.39, 0.29) is 4.90 Å². The number of rotatable bonds is 7. The monoisotopic (exact) mass is 381 g/mol. The van der Waals surface area contributed by atoms with Crippen molar-refractivity contribution in [3.63, 3.8) is 0 Å². The van der Waals surface area contributed by atoms with Crippen molar-refractivity contribution < 1.29 is 31.2 Å². The van der Waals surface area contributed by atoms with Crippen LogP contribution in [0.1, 0.15) is 26.2 Å². The number of quaternary nitrogens is 1. The molecule has 1 aliphatic heterocycles. The second-order valence-corrected chi connectivity index (χ2v) is 8.22. The van der Waals surface area contributed by atoms with Gasteiger partial charge in [-0.15, -0.1) is 13.2 Å². The topological polar surface area (TPSA) is 59.8 Å². The molecule has 142 valence electrons. The van der Waals surface area contributed by atoms with Gasteiger partial charge in [-0.25, -0.2) is 13.1 Å². The number of hydrogen-bond donors (Lipinski definition) is 2. The van der Waals surface area contributed by atoms with Gasteiger partial charge in [0.15, 0.2) is 0 Å². The van der Waals surface area contributed by atoms with Gasteiger partial charge in [0.1, 0.15) is 5.75 Å². The molecule has 2 rings (SSSR count). The highest BCUT2D eigenvalue weighted by molar-refractivity contribution is 7.89. The fourth-order valence-corrected chi connectivity index (χ4v) is 3.94. The first kappa shape index (κ1) is 20.0. The fourth-order valence-electron chi connectivity index (χ4n) is 2.87. The molecule has 0 bridgehead atoms. The molecule has 0 spiro atoms. The van der Waals surface area contributed by atoms with Crippen LogP contribution in [0, 0.1) is 5.92 Å². The van der Waals surface area contributed by atoms with Crippen LogP contribution >= 0.6 is 0 Å². The molecule has 0 atom stereocenters. The summed E-state index contributed by atoms with van der Waals surface area (Å²) < 4.78 is 66.8. The number of hydrogen-bond acceptors (Lipinski definition) is 3. The molecule has 1 aromatic rings. The predicted molar refractivity (Wildman–Crippen MR) is 86.9 cm³/mol. The Morgan fingerprint density at radius 3 is 2.36 bits per heavy atom. The van der Waals surface area contributed by atoms with E-state index in [9.17, 15) is 21.6 Å². The number of benzene rings is 1. The average molecular weight is 381 g/mol. The molecule has 5 nitrogen and oxygen atoms in total. The van der Waals surface area contributed by atoms with Crippen molar-refractivity contribution in [1.29, 1.82) is 0 Å². The number of sulfonamides is 1. The van der Waals surface area contributed by atoms with E-state index >= 15 is 0 Å². The molecule has 2 N–H and O–H groups in total. The van der Waals surface area contributed by atoms with Gasteiger partial charge in [-0.3, -0.25) is 0 Å². The largest absolute Gasteiger partial charge is 0.573 e. The highest BCUT2D eigenvalue weighted by Crippen LogP contribution is 2.23. The quantitative estimate of drug-likeness (QED) is 0.705. The van der Waals surface area contributed by atoms with Crippen LogP contribution in [0.4, 0.5) is 13.2 Å². The van der Waals surface area contributed by atoms with Crippen LogP contribution < -0.4 is 14.4 Å².